The predicted octanol–water partition coefficient (Wildman–Crippen LogP) is 4.97. The molecule has 2 aliphatic rings. The number of rotatable bonds is 6. The molecule has 42 heavy (non-hydrogen) atoms. The smallest absolute Gasteiger partial charge is 0.262 e. The van der Waals surface area contributed by atoms with Crippen molar-refractivity contribution in [2.45, 2.75) is 57.3 Å². The van der Waals surface area contributed by atoms with Gasteiger partial charge in [0.1, 0.15) is 17.0 Å². The van der Waals surface area contributed by atoms with E-state index in [0.29, 0.717) is 50.2 Å². The van der Waals surface area contributed by atoms with Crippen molar-refractivity contribution in [3.05, 3.63) is 87.8 Å². The highest BCUT2D eigenvalue weighted by Crippen LogP contribution is 2.50. The fraction of sp³-hybridized carbons (Fsp3) is 0.333. The van der Waals surface area contributed by atoms with Crippen molar-refractivity contribution < 1.29 is 14.3 Å². The molecule has 218 valence electrons. The van der Waals surface area contributed by atoms with Crippen LogP contribution in [0.3, 0.4) is 0 Å². The van der Waals surface area contributed by atoms with Gasteiger partial charge in [-0.3, -0.25) is 14.5 Å². The minimum atomic E-state index is -1.52. The maximum absolute atomic E-state index is 14.2. The van der Waals surface area contributed by atoms with E-state index in [2.05, 4.69) is 24.1 Å². The molecule has 7 N–H and O–H groups in total. The number of nitrogen functional groups attached to an aromatic ring is 1. The van der Waals surface area contributed by atoms with Crippen molar-refractivity contribution in [2.24, 2.45) is 11.5 Å². The third kappa shape index (κ3) is 4.66. The Morgan fingerprint density at radius 3 is 2.55 bits per heavy atom. The van der Waals surface area contributed by atoms with E-state index in [-0.39, 0.29) is 17.7 Å². The van der Waals surface area contributed by atoms with E-state index in [0.717, 1.165) is 36.2 Å². The number of hydrogen-bond donors (Lipinski definition) is 4. The number of nitrogens with zero attached hydrogens (tertiary/aromatic N) is 1. The van der Waals surface area contributed by atoms with Gasteiger partial charge in [0.2, 0.25) is 0 Å². The molecule has 3 unspecified atom stereocenters. The summed E-state index contributed by atoms with van der Waals surface area (Å²) in [4.78, 5) is 30.7. The van der Waals surface area contributed by atoms with Crippen LogP contribution in [-0.2, 0) is 10.3 Å². The fourth-order valence-corrected chi connectivity index (χ4v) is 7.64. The largest absolute Gasteiger partial charge is 0.457 e. The van der Waals surface area contributed by atoms with E-state index in [1.54, 1.807) is 12.1 Å². The van der Waals surface area contributed by atoms with E-state index in [1.807, 2.05) is 55.5 Å². The number of carbonyl (C=O) groups excluding carboxylic acids is 2. The van der Waals surface area contributed by atoms with Crippen LogP contribution in [0.5, 0.6) is 11.5 Å². The number of hydrogen-bond acceptors (Lipinski definition) is 8. The van der Waals surface area contributed by atoms with Gasteiger partial charge in [0.15, 0.2) is 5.78 Å². The molecule has 3 aromatic carbocycles. The van der Waals surface area contributed by atoms with Crippen molar-refractivity contribution in [1.29, 1.82) is 0 Å². The second-order valence-electron chi connectivity index (χ2n) is 11.7. The highest BCUT2D eigenvalue weighted by atomic mass is 32.1. The number of thiophene rings is 1. The molecule has 9 heteroatoms. The summed E-state index contributed by atoms with van der Waals surface area (Å²) >= 11 is 1.28. The van der Waals surface area contributed by atoms with E-state index in [4.69, 9.17) is 21.9 Å². The van der Waals surface area contributed by atoms with E-state index in [1.165, 1.54) is 11.3 Å². The highest BCUT2D eigenvalue weighted by Gasteiger charge is 2.49. The van der Waals surface area contributed by atoms with Crippen LogP contribution in [0, 0.1) is 6.92 Å². The van der Waals surface area contributed by atoms with Gasteiger partial charge in [0.25, 0.3) is 5.91 Å². The van der Waals surface area contributed by atoms with Gasteiger partial charge in [-0.2, -0.15) is 0 Å². The molecule has 0 saturated carbocycles. The quantitative estimate of drug-likeness (QED) is 0.235. The lowest BCUT2D eigenvalue weighted by atomic mass is 9.69. The van der Waals surface area contributed by atoms with Crippen molar-refractivity contribution in [2.75, 3.05) is 18.8 Å². The molecule has 2 heterocycles. The molecule has 0 radical (unpaired) electrons. The molecule has 8 nitrogen and oxygen atoms in total. The third-order valence-corrected chi connectivity index (χ3v) is 9.89. The average Bonchev–Trinajstić information content (AvgIpc) is 3.38. The Bertz CT molecular complexity index is 1680. The number of ether oxygens (including phenoxy) is 1. The second-order valence-corrected chi connectivity index (χ2v) is 12.7. The predicted molar refractivity (Wildman–Crippen MR) is 168 cm³/mol. The van der Waals surface area contributed by atoms with Gasteiger partial charge in [-0.1, -0.05) is 30.3 Å². The summed E-state index contributed by atoms with van der Waals surface area (Å²) in [6.07, 6.45) is 1.92. The Kier molecular flexibility index (Phi) is 7.31. The van der Waals surface area contributed by atoms with Crippen molar-refractivity contribution in [3.8, 4) is 11.5 Å². The van der Waals surface area contributed by atoms with Crippen LogP contribution in [0.2, 0.25) is 0 Å². The number of carbonyl (C=O) groups is 2. The Balaban J connectivity index is 1.40. The van der Waals surface area contributed by atoms with Crippen LogP contribution >= 0.6 is 11.3 Å². The number of nitrogens with one attached hydrogen (secondary N) is 1. The zero-order chi connectivity index (χ0) is 29.8. The summed E-state index contributed by atoms with van der Waals surface area (Å²) in [5, 5.41) is 3.92. The first-order valence-corrected chi connectivity index (χ1v) is 15.2. The number of Topliss-reactive ketones (excluding diaryl/α,β-unsaturated/α-hetero) is 1. The van der Waals surface area contributed by atoms with Crippen LogP contribution in [-0.4, -0.2) is 41.8 Å². The Morgan fingerprint density at radius 2 is 1.83 bits per heavy atom. The van der Waals surface area contributed by atoms with Gasteiger partial charge in [-0.05, 0) is 87.2 Å². The first-order valence-electron chi connectivity index (χ1n) is 14.4. The molecule has 0 bridgehead atoms. The molecule has 1 fully saturated rings. The number of likely N-dealkylation sites (tertiary alicyclic amines) is 1. The zero-order valence-electron chi connectivity index (χ0n) is 24.1. The summed E-state index contributed by atoms with van der Waals surface area (Å²) in [7, 11) is 0. The molecule has 6 rings (SSSR count). The molecule has 0 spiro atoms. The van der Waals surface area contributed by atoms with Crippen LogP contribution < -0.4 is 27.3 Å². The zero-order valence-corrected chi connectivity index (χ0v) is 25.0. The first kappa shape index (κ1) is 28.4. The van der Waals surface area contributed by atoms with Crippen molar-refractivity contribution in [3.63, 3.8) is 0 Å². The first-order chi connectivity index (χ1) is 20.1. The standard InChI is InChI=1S/C33H37N5O3S/c1-18(2)38-15-7-8-20(17-38)37-32(40)30-27-26-24(13-14-25(34)29(26)42-30)33(36,31(39)28(27)35)23-12-11-22(16-19(23)3)41-21-9-5-4-6-10-21/h4-6,9-14,16,18,20,28H,7-8,15,17,34-36H2,1-3H3,(H,37,40). The maximum Gasteiger partial charge on any atom is 0.262 e. The molecule has 4 aromatic rings. The minimum Gasteiger partial charge on any atom is -0.457 e. The number of para-hydroxylation sites is 1. The number of aryl methyl sites for hydroxylation is 1. The number of benzene rings is 3. The van der Waals surface area contributed by atoms with Crippen LogP contribution in [0.4, 0.5) is 5.69 Å². The highest BCUT2D eigenvalue weighted by molar-refractivity contribution is 7.21. The lowest BCUT2D eigenvalue weighted by Gasteiger charge is -2.37. The lowest BCUT2D eigenvalue weighted by Crippen LogP contribution is -2.53. The molecule has 1 saturated heterocycles. The van der Waals surface area contributed by atoms with Gasteiger partial charge in [0.05, 0.1) is 15.6 Å². The summed E-state index contributed by atoms with van der Waals surface area (Å²) in [5.74, 6) is 0.757. The van der Waals surface area contributed by atoms with E-state index >= 15 is 0 Å². The van der Waals surface area contributed by atoms with Gasteiger partial charge >= 0.3 is 0 Å². The Hall–Kier alpha value is -3.76. The van der Waals surface area contributed by atoms with Gasteiger partial charge in [-0.25, -0.2) is 0 Å². The van der Waals surface area contributed by atoms with E-state index in [9.17, 15) is 9.59 Å². The molecule has 3 atom stereocenters. The summed E-state index contributed by atoms with van der Waals surface area (Å²) in [6.45, 7) is 8.05. The second kappa shape index (κ2) is 10.8. The molecule has 1 aliphatic carbocycles. The molecule has 1 aliphatic heterocycles. The van der Waals surface area contributed by atoms with Crippen LogP contribution in [0.25, 0.3) is 10.1 Å². The Morgan fingerprint density at radius 1 is 1.10 bits per heavy atom. The topological polar surface area (TPSA) is 137 Å². The maximum atomic E-state index is 14.2. The number of amides is 1. The lowest BCUT2D eigenvalue weighted by molar-refractivity contribution is -0.124. The summed E-state index contributed by atoms with van der Waals surface area (Å²) in [5.41, 5.74) is 21.8. The van der Waals surface area contributed by atoms with Crippen LogP contribution in [0.1, 0.15) is 64.7 Å². The molecular weight excluding hydrogens is 546 g/mol. The molecule has 1 aromatic heterocycles. The van der Waals surface area contributed by atoms with Gasteiger partial charge in [0, 0.05) is 35.3 Å². The van der Waals surface area contributed by atoms with Gasteiger partial charge in [-0.15, -0.1) is 11.3 Å². The normalized spacial score (nSPS) is 22.5. The number of piperidine rings is 1. The summed E-state index contributed by atoms with van der Waals surface area (Å²) < 4.78 is 6.73. The SMILES string of the molecule is Cc1cc(Oc2ccccc2)ccc1C1(N)C(=O)C(N)c2c(C(=O)NC3CCCN(C(C)C)C3)sc3c(N)ccc1c23. The van der Waals surface area contributed by atoms with Crippen molar-refractivity contribution in [1.82, 2.24) is 10.2 Å². The van der Waals surface area contributed by atoms with E-state index < -0.39 is 11.6 Å². The van der Waals surface area contributed by atoms with Crippen molar-refractivity contribution >= 4 is 38.8 Å². The molecule has 1 amide bonds. The Labute approximate surface area is 249 Å². The number of anilines is 1. The summed E-state index contributed by atoms with van der Waals surface area (Å²) in [6, 6.07) is 17.9. The monoisotopic (exact) mass is 583 g/mol. The van der Waals surface area contributed by atoms with Gasteiger partial charge < -0.3 is 27.3 Å². The van der Waals surface area contributed by atoms with Crippen LogP contribution in [0.15, 0.2) is 60.7 Å². The average molecular weight is 584 g/mol. The minimum absolute atomic E-state index is 0.0197. The fourth-order valence-electron chi connectivity index (χ4n) is 6.44. The third-order valence-electron chi connectivity index (χ3n) is 8.64. The number of nitrogens with two attached hydrogens (primary N) is 3. The number of ketones is 1. The molecular formula is C33H37N5O3S.